The maximum Gasteiger partial charge on any atom is 0.260 e. The van der Waals surface area contributed by atoms with Crippen LogP contribution >= 0.6 is 23.4 Å². The Morgan fingerprint density at radius 3 is 2.68 bits per heavy atom. The van der Waals surface area contributed by atoms with Crippen LogP contribution in [0, 0.1) is 13.8 Å². The molecule has 1 atom stereocenters. The topological polar surface area (TPSA) is 50.4 Å². The van der Waals surface area contributed by atoms with Crippen molar-refractivity contribution in [3.05, 3.63) is 98.9 Å². The SMILES string of the molecule is Cc1cccc(COc2ccc(/C=C3\SC(Nc4cc(Cl)ccc4C)NC3=O)cc2)c1. The number of hydrogen-bond acceptors (Lipinski definition) is 4. The number of ether oxygens (including phenoxy) is 1. The predicted molar refractivity (Wildman–Crippen MR) is 129 cm³/mol. The van der Waals surface area contributed by atoms with Crippen LogP contribution in [0.3, 0.4) is 0 Å². The van der Waals surface area contributed by atoms with Crippen LogP contribution < -0.4 is 15.4 Å². The summed E-state index contributed by atoms with van der Waals surface area (Å²) in [4.78, 5) is 13.1. The van der Waals surface area contributed by atoms with Crippen molar-refractivity contribution in [3.63, 3.8) is 0 Å². The first kappa shape index (κ1) is 21.3. The van der Waals surface area contributed by atoms with Crippen molar-refractivity contribution >= 4 is 41.0 Å². The quantitative estimate of drug-likeness (QED) is 0.443. The van der Waals surface area contributed by atoms with E-state index in [4.69, 9.17) is 16.3 Å². The van der Waals surface area contributed by atoms with E-state index in [2.05, 4.69) is 35.8 Å². The van der Waals surface area contributed by atoms with Gasteiger partial charge in [0, 0.05) is 10.7 Å². The first-order valence-corrected chi connectivity index (χ1v) is 11.2. The Morgan fingerprint density at radius 2 is 1.90 bits per heavy atom. The number of benzene rings is 3. The molecule has 1 fully saturated rings. The molecule has 4 nitrogen and oxygen atoms in total. The number of amides is 1. The highest BCUT2D eigenvalue weighted by Crippen LogP contribution is 2.32. The normalized spacial score (nSPS) is 16.9. The van der Waals surface area contributed by atoms with E-state index in [1.807, 2.05) is 61.5 Å². The molecule has 0 radical (unpaired) electrons. The molecule has 1 aliphatic rings. The number of aryl methyl sites for hydroxylation is 2. The monoisotopic (exact) mass is 450 g/mol. The summed E-state index contributed by atoms with van der Waals surface area (Å²) in [7, 11) is 0. The molecule has 31 heavy (non-hydrogen) atoms. The summed E-state index contributed by atoms with van der Waals surface area (Å²) in [5.74, 6) is 0.699. The highest BCUT2D eigenvalue weighted by molar-refractivity contribution is 8.05. The summed E-state index contributed by atoms with van der Waals surface area (Å²) in [5.41, 5.74) is 5.03. The maximum absolute atomic E-state index is 12.4. The van der Waals surface area contributed by atoms with Crippen LogP contribution in [0.1, 0.15) is 22.3 Å². The summed E-state index contributed by atoms with van der Waals surface area (Å²) in [6.45, 7) is 4.59. The molecule has 0 saturated carbocycles. The maximum atomic E-state index is 12.4. The van der Waals surface area contributed by atoms with Gasteiger partial charge in [-0.25, -0.2) is 0 Å². The summed E-state index contributed by atoms with van der Waals surface area (Å²) in [5, 5.41) is 6.93. The first-order valence-electron chi connectivity index (χ1n) is 9.96. The minimum absolute atomic E-state index is 0.0954. The molecule has 1 unspecified atom stereocenters. The third kappa shape index (κ3) is 5.63. The lowest BCUT2D eigenvalue weighted by Crippen LogP contribution is -2.31. The number of nitrogens with one attached hydrogen (secondary N) is 2. The number of carbonyl (C=O) groups excluding carboxylic acids is 1. The smallest absolute Gasteiger partial charge is 0.260 e. The lowest BCUT2D eigenvalue weighted by Gasteiger charge is -2.15. The minimum atomic E-state index is -0.243. The van der Waals surface area contributed by atoms with E-state index in [-0.39, 0.29) is 11.4 Å². The summed E-state index contributed by atoms with van der Waals surface area (Å²) >= 11 is 7.54. The lowest BCUT2D eigenvalue weighted by molar-refractivity contribution is -0.116. The molecular weight excluding hydrogens is 428 g/mol. The van der Waals surface area contributed by atoms with Crippen molar-refractivity contribution in [1.82, 2.24) is 5.32 Å². The van der Waals surface area contributed by atoms with E-state index in [1.165, 1.54) is 17.3 Å². The Kier molecular flexibility index (Phi) is 6.54. The second kappa shape index (κ2) is 9.50. The molecule has 1 amide bonds. The van der Waals surface area contributed by atoms with Crippen molar-refractivity contribution in [1.29, 1.82) is 0 Å². The van der Waals surface area contributed by atoms with Crippen LogP contribution in [0.25, 0.3) is 6.08 Å². The fourth-order valence-electron chi connectivity index (χ4n) is 3.24. The van der Waals surface area contributed by atoms with Gasteiger partial charge in [0.1, 0.15) is 12.4 Å². The van der Waals surface area contributed by atoms with Gasteiger partial charge >= 0.3 is 0 Å². The van der Waals surface area contributed by atoms with E-state index in [0.29, 0.717) is 16.5 Å². The zero-order valence-electron chi connectivity index (χ0n) is 17.3. The Bertz CT molecular complexity index is 1130. The van der Waals surface area contributed by atoms with Gasteiger partial charge in [-0.15, -0.1) is 0 Å². The molecule has 158 valence electrons. The zero-order valence-corrected chi connectivity index (χ0v) is 18.9. The molecule has 3 aromatic rings. The molecule has 1 saturated heterocycles. The largest absolute Gasteiger partial charge is 0.489 e. The Labute approximate surface area is 191 Å². The van der Waals surface area contributed by atoms with Gasteiger partial charge in [-0.2, -0.15) is 0 Å². The Hall–Kier alpha value is -2.89. The molecule has 1 aliphatic heterocycles. The van der Waals surface area contributed by atoms with Gasteiger partial charge in [0.15, 0.2) is 5.50 Å². The molecule has 2 N–H and O–H groups in total. The van der Waals surface area contributed by atoms with Crippen LogP contribution in [0.2, 0.25) is 5.02 Å². The highest BCUT2D eigenvalue weighted by atomic mass is 35.5. The van der Waals surface area contributed by atoms with Crippen LogP contribution in [0.15, 0.2) is 71.6 Å². The molecule has 0 bridgehead atoms. The van der Waals surface area contributed by atoms with E-state index < -0.39 is 0 Å². The number of halogens is 1. The number of hydrogen-bond donors (Lipinski definition) is 2. The summed E-state index contributed by atoms with van der Waals surface area (Å²) in [6, 6.07) is 21.7. The molecule has 0 spiro atoms. The van der Waals surface area contributed by atoms with Gasteiger partial charge in [0.25, 0.3) is 5.91 Å². The first-order chi connectivity index (χ1) is 15.0. The molecule has 6 heteroatoms. The van der Waals surface area contributed by atoms with Crippen LogP contribution in [-0.2, 0) is 11.4 Å². The number of anilines is 1. The van der Waals surface area contributed by atoms with Gasteiger partial charge in [-0.05, 0) is 60.9 Å². The van der Waals surface area contributed by atoms with E-state index in [0.717, 1.165) is 28.1 Å². The predicted octanol–water partition coefficient (Wildman–Crippen LogP) is 6.14. The van der Waals surface area contributed by atoms with Crippen molar-refractivity contribution in [2.75, 3.05) is 5.32 Å². The molecule has 3 aromatic carbocycles. The van der Waals surface area contributed by atoms with Crippen LogP contribution in [0.5, 0.6) is 5.75 Å². The second-order valence-corrected chi connectivity index (χ2v) is 9.01. The van der Waals surface area contributed by atoms with E-state index in [1.54, 1.807) is 0 Å². The van der Waals surface area contributed by atoms with Crippen molar-refractivity contribution < 1.29 is 9.53 Å². The van der Waals surface area contributed by atoms with Gasteiger partial charge in [0.05, 0.1) is 4.91 Å². The second-order valence-electron chi connectivity index (χ2n) is 7.43. The minimum Gasteiger partial charge on any atom is -0.489 e. The average Bonchev–Trinajstić information content (AvgIpc) is 3.09. The third-order valence-corrected chi connectivity index (χ3v) is 6.15. The van der Waals surface area contributed by atoms with Crippen LogP contribution in [0.4, 0.5) is 5.69 Å². The molecule has 0 aromatic heterocycles. The highest BCUT2D eigenvalue weighted by Gasteiger charge is 2.27. The standard InChI is InChI=1S/C25H23ClN2O2S/c1-16-4-3-5-19(12-16)15-30-21-10-7-18(8-11-21)13-23-24(29)28-25(31-23)27-22-14-20(26)9-6-17(22)2/h3-14,25,27H,15H2,1-2H3,(H,28,29)/b23-13-. The third-order valence-electron chi connectivity index (χ3n) is 4.88. The van der Waals surface area contributed by atoms with Crippen molar-refractivity contribution in [2.45, 2.75) is 26.0 Å². The molecule has 1 heterocycles. The number of thioether (sulfide) groups is 1. The fourth-order valence-corrected chi connectivity index (χ4v) is 4.38. The van der Waals surface area contributed by atoms with Gasteiger partial charge in [-0.3, -0.25) is 4.79 Å². The molecule has 4 rings (SSSR count). The average molecular weight is 451 g/mol. The van der Waals surface area contributed by atoms with Crippen molar-refractivity contribution in [2.24, 2.45) is 0 Å². The van der Waals surface area contributed by atoms with Gasteiger partial charge < -0.3 is 15.4 Å². The lowest BCUT2D eigenvalue weighted by atomic mass is 10.1. The number of rotatable bonds is 6. The summed E-state index contributed by atoms with van der Waals surface area (Å²) < 4.78 is 5.87. The fraction of sp³-hybridized carbons (Fsp3) is 0.160. The van der Waals surface area contributed by atoms with Gasteiger partial charge in [0.2, 0.25) is 0 Å². The Morgan fingerprint density at radius 1 is 1.10 bits per heavy atom. The van der Waals surface area contributed by atoms with E-state index >= 15 is 0 Å². The Balaban J connectivity index is 1.38. The zero-order chi connectivity index (χ0) is 21.8. The van der Waals surface area contributed by atoms with E-state index in [9.17, 15) is 4.79 Å². The van der Waals surface area contributed by atoms with Crippen LogP contribution in [-0.4, -0.2) is 11.4 Å². The van der Waals surface area contributed by atoms with Crippen molar-refractivity contribution in [3.8, 4) is 5.75 Å². The summed E-state index contributed by atoms with van der Waals surface area (Å²) in [6.07, 6.45) is 1.89. The molecular formula is C25H23ClN2O2S. The number of carbonyl (C=O) groups is 1. The molecule has 0 aliphatic carbocycles. The van der Waals surface area contributed by atoms with Gasteiger partial charge in [-0.1, -0.05) is 71.4 Å².